The van der Waals surface area contributed by atoms with Crippen molar-refractivity contribution in [3.05, 3.63) is 41.7 Å². The van der Waals surface area contributed by atoms with Gasteiger partial charge in [-0.1, -0.05) is 6.07 Å². The van der Waals surface area contributed by atoms with E-state index in [4.69, 9.17) is 24.3 Å². The average Bonchev–Trinajstić information content (AvgIpc) is 3.34. The Labute approximate surface area is 191 Å². The summed E-state index contributed by atoms with van der Waals surface area (Å²) < 4.78 is 18.5. The molecule has 0 spiro atoms. The summed E-state index contributed by atoms with van der Waals surface area (Å²) in [6, 6.07) is 11.2. The number of benzene rings is 1. The molecule has 0 N–H and O–H groups in total. The number of carbonyl (C=O) groups is 1. The normalized spacial score (nSPS) is 16.5. The van der Waals surface area contributed by atoms with E-state index in [0.717, 1.165) is 50.0 Å². The molecule has 1 saturated heterocycles. The molecular formula is C24H25N5O4. The van der Waals surface area contributed by atoms with Crippen molar-refractivity contribution in [3.63, 3.8) is 0 Å². The molecule has 1 aromatic carbocycles. The van der Waals surface area contributed by atoms with Crippen molar-refractivity contribution in [1.82, 2.24) is 19.5 Å². The number of pyridine rings is 1. The van der Waals surface area contributed by atoms with Crippen LogP contribution in [0.25, 0.3) is 16.9 Å². The van der Waals surface area contributed by atoms with E-state index in [-0.39, 0.29) is 12.0 Å². The summed E-state index contributed by atoms with van der Waals surface area (Å²) in [4.78, 5) is 19.2. The zero-order valence-corrected chi connectivity index (χ0v) is 18.7. The van der Waals surface area contributed by atoms with E-state index in [9.17, 15) is 10.1 Å². The summed E-state index contributed by atoms with van der Waals surface area (Å²) in [5.74, 6) is 1.74. The van der Waals surface area contributed by atoms with Crippen LogP contribution in [0.3, 0.4) is 0 Å². The first-order valence-corrected chi connectivity index (χ1v) is 11.1. The van der Waals surface area contributed by atoms with E-state index in [1.54, 1.807) is 28.7 Å². The fourth-order valence-corrected chi connectivity index (χ4v) is 4.24. The molecule has 1 unspecified atom stereocenters. The molecular weight excluding hydrogens is 422 g/mol. The van der Waals surface area contributed by atoms with Gasteiger partial charge in [0.1, 0.15) is 11.8 Å². The number of ether oxygens (including phenoxy) is 3. The Hall–Kier alpha value is -3.80. The van der Waals surface area contributed by atoms with E-state index < -0.39 is 6.10 Å². The van der Waals surface area contributed by atoms with E-state index in [1.165, 1.54) is 7.11 Å². The molecule has 5 rings (SSSR count). The number of hydrogen-bond acceptors (Lipinski definition) is 7. The van der Waals surface area contributed by atoms with Crippen molar-refractivity contribution in [1.29, 1.82) is 5.26 Å². The number of fused-ring (bicyclic) bond motifs is 1. The number of hydrogen-bond donors (Lipinski definition) is 0. The maximum atomic E-state index is 12.7. The summed E-state index contributed by atoms with van der Waals surface area (Å²) in [5, 5.41) is 14.1. The minimum atomic E-state index is -0.494. The number of nitriles is 1. The van der Waals surface area contributed by atoms with Gasteiger partial charge in [0.25, 0.3) is 0 Å². The fourth-order valence-electron chi connectivity index (χ4n) is 4.24. The molecule has 2 fully saturated rings. The van der Waals surface area contributed by atoms with Crippen LogP contribution >= 0.6 is 0 Å². The van der Waals surface area contributed by atoms with Crippen LogP contribution in [0.2, 0.25) is 0 Å². The van der Waals surface area contributed by atoms with Gasteiger partial charge in [0.05, 0.1) is 25.5 Å². The quantitative estimate of drug-likeness (QED) is 0.563. The predicted octanol–water partition coefficient (Wildman–Crippen LogP) is 3.97. The number of aromatic nitrogens is 3. The third-order valence-electron chi connectivity index (χ3n) is 6.20. The molecule has 1 amide bonds. The second kappa shape index (κ2) is 8.62. The van der Waals surface area contributed by atoms with Crippen LogP contribution in [0.4, 0.5) is 4.79 Å². The zero-order chi connectivity index (χ0) is 22.9. The molecule has 1 atom stereocenters. The van der Waals surface area contributed by atoms with Crippen molar-refractivity contribution >= 4 is 11.7 Å². The maximum absolute atomic E-state index is 12.7. The van der Waals surface area contributed by atoms with Crippen molar-refractivity contribution in [2.45, 2.75) is 31.8 Å². The Bertz CT molecular complexity index is 1240. The van der Waals surface area contributed by atoms with Gasteiger partial charge >= 0.3 is 6.09 Å². The minimum Gasteiger partial charge on any atom is -0.495 e. The van der Waals surface area contributed by atoms with Gasteiger partial charge in [0.15, 0.2) is 23.3 Å². The fraction of sp³-hybridized carbons (Fsp3) is 0.417. The number of likely N-dealkylation sites (tertiary alicyclic amines) is 1. The molecule has 3 heterocycles. The van der Waals surface area contributed by atoms with Crippen LogP contribution in [-0.2, 0) is 4.74 Å². The van der Waals surface area contributed by atoms with Crippen LogP contribution in [-0.4, -0.2) is 52.9 Å². The van der Waals surface area contributed by atoms with Crippen LogP contribution in [0.15, 0.2) is 30.3 Å². The van der Waals surface area contributed by atoms with Crippen molar-refractivity contribution < 1.29 is 19.0 Å². The highest BCUT2D eigenvalue weighted by atomic mass is 16.6. The predicted molar refractivity (Wildman–Crippen MR) is 119 cm³/mol. The summed E-state index contributed by atoms with van der Waals surface area (Å²) in [6.07, 6.45) is 3.17. The Morgan fingerprint density at radius 1 is 1.12 bits per heavy atom. The second-order valence-corrected chi connectivity index (χ2v) is 8.36. The molecule has 2 aliphatic rings. The minimum absolute atomic E-state index is 0.221. The Balaban J connectivity index is 1.56. The second-order valence-electron chi connectivity index (χ2n) is 8.36. The number of methoxy groups -OCH3 is 2. The first-order valence-electron chi connectivity index (χ1n) is 11.1. The zero-order valence-electron chi connectivity index (χ0n) is 18.7. The molecule has 2 aromatic heterocycles. The number of carbonyl (C=O) groups excluding carboxylic acids is 1. The van der Waals surface area contributed by atoms with Crippen LogP contribution in [0.1, 0.15) is 43.2 Å². The van der Waals surface area contributed by atoms with Crippen molar-refractivity contribution in [2.75, 3.05) is 27.3 Å². The number of amides is 1. The first kappa shape index (κ1) is 21.1. The van der Waals surface area contributed by atoms with Crippen LogP contribution in [0, 0.1) is 17.2 Å². The first-order chi connectivity index (χ1) is 16.1. The highest BCUT2D eigenvalue weighted by Crippen LogP contribution is 2.43. The topological polar surface area (TPSA) is 102 Å². The summed E-state index contributed by atoms with van der Waals surface area (Å²) in [6.45, 7) is 1.46. The Morgan fingerprint density at radius 3 is 2.55 bits per heavy atom. The molecule has 1 aliphatic carbocycles. The lowest BCUT2D eigenvalue weighted by molar-refractivity contribution is 0.0536. The van der Waals surface area contributed by atoms with E-state index >= 15 is 0 Å². The molecule has 170 valence electrons. The van der Waals surface area contributed by atoms with Crippen molar-refractivity contribution in [2.24, 2.45) is 5.92 Å². The number of rotatable bonds is 6. The molecule has 0 bridgehead atoms. The third kappa shape index (κ3) is 3.93. The standard InChI is InChI=1S/C24H25N5O4/c1-31-19-10-9-18(16-7-8-17(14-25)20(13-16)32-2)29-23(19)26-22(27-29)21(15-5-6-15)33-24(30)28-11-3-4-12-28/h7-10,13,15,21H,3-6,11-12H2,1-2H3. The van der Waals surface area contributed by atoms with Gasteiger partial charge in [-0.05, 0) is 49.9 Å². The molecule has 0 radical (unpaired) electrons. The smallest absolute Gasteiger partial charge is 0.410 e. The lowest BCUT2D eigenvalue weighted by Crippen LogP contribution is -2.30. The average molecular weight is 447 g/mol. The Kier molecular flexibility index (Phi) is 5.50. The third-order valence-corrected chi connectivity index (χ3v) is 6.20. The van der Waals surface area contributed by atoms with Crippen LogP contribution in [0.5, 0.6) is 11.5 Å². The van der Waals surface area contributed by atoms with Gasteiger partial charge in [-0.3, -0.25) is 0 Å². The molecule has 9 nitrogen and oxygen atoms in total. The summed E-state index contributed by atoms with van der Waals surface area (Å²) >= 11 is 0. The Morgan fingerprint density at radius 2 is 1.88 bits per heavy atom. The van der Waals surface area contributed by atoms with Crippen molar-refractivity contribution in [3.8, 4) is 28.8 Å². The highest BCUT2D eigenvalue weighted by molar-refractivity contribution is 5.70. The van der Waals surface area contributed by atoms with E-state index in [1.807, 2.05) is 18.2 Å². The monoisotopic (exact) mass is 447 g/mol. The molecule has 9 heteroatoms. The highest BCUT2D eigenvalue weighted by Gasteiger charge is 2.39. The molecule has 3 aromatic rings. The number of nitrogens with zero attached hydrogens (tertiary/aromatic N) is 5. The maximum Gasteiger partial charge on any atom is 0.410 e. The lowest BCUT2D eigenvalue weighted by atomic mass is 10.1. The van der Waals surface area contributed by atoms with Crippen LogP contribution < -0.4 is 9.47 Å². The van der Waals surface area contributed by atoms with Gasteiger partial charge in [0, 0.05) is 24.6 Å². The summed E-state index contributed by atoms with van der Waals surface area (Å²) in [7, 11) is 3.12. The van der Waals surface area contributed by atoms with E-state index in [2.05, 4.69) is 6.07 Å². The van der Waals surface area contributed by atoms with Gasteiger partial charge < -0.3 is 19.1 Å². The van der Waals surface area contributed by atoms with E-state index in [0.29, 0.717) is 28.5 Å². The summed E-state index contributed by atoms with van der Waals surface area (Å²) in [5.41, 5.74) is 2.56. The molecule has 1 aliphatic heterocycles. The largest absolute Gasteiger partial charge is 0.495 e. The van der Waals surface area contributed by atoms with Gasteiger partial charge in [0.2, 0.25) is 0 Å². The molecule has 1 saturated carbocycles. The van der Waals surface area contributed by atoms with Gasteiger partial charge in [-0.15, -0.1) is 5.10 Å². The SMILES string of the molecule is COc1cc(-c2ccc(OC)c3nc(C(OC(=O)N4CCCC4)C4CC4)nn23)ccc1C#N. The molecule has 33 heavy (non-hydrogen) atoms. The lowest BCUT2D eigenvalue weighted by Gasteiger charge is -2.20. The van der Waals surface area contributed by atoms with Gasteiger partial charge in [-0.25, -0.2) is 14.3 Å². The van der Waals surface area contributed by atoms with Gasteiger partial charge in [-0.2, -0.15) is 5.26 Å².